The van der Waals surface area contributed by atoms with Crippen molar-refractivity contribution in [2.45, 2.75) is 32.0 Å². The van der Waals surface area contributed by atoms with Gasteiger partial charge in [-0.25, -0.2) is 4.39 Å². The number of nitrogens with zero attached hydrogens (tertiary/aromatic N) is 2. The Kier molecular flexibility index (Phi) is 7.12. The summed E-state index contributed by atoms with van der Waals surface area (Å²) < 4.78 is 13.3. The molecule has 4 nitrogen and oxygen atoms in total. The lowest BCUT2D eigenvalue weighted by Gasteiger charge is -2.27. The van der Waals surface area contributed by atoms with Crippen molar-refractivity contribution in [1.29, 1.82) is 0 Å². The van der Waals surface area contributed by atoms with Gasteiger partial charge in [-0.05, 0) is 53.6 Å². The molecule has 1 heterocycles. The number of halogens is 1. The third kappa shape index (κ3) is 6.14. The van der Waals surface area contributed by atoms with Crippen LogP contribution in [0.15, 0.2) is 78.2 Å². The lowest BCUT2D eigenvalue weighted by Crippen LogP contribution is -2.43. The molecule has 2 amide bonds. The Balaban J connectivity index is 1.47. The molecular weight excluding hydrogens is 423 g/mol. The van der Waals surface area contributed by atoms with Crippen LogP contribution < -0.4 is 0 Å². The van der Waals surface area contributed by atoms with Gasteiger partial charge in [-0.3, -0.25) is 9.59 Å². The zero-order valence-corrected chi connectivity index (χ0v) is 18.5. The first-order chi connectivity index (χ1) is 15.6. The average molecular weight is 449 g/mol. The zero-order valence-electron chi connectivity index (χ0n) is 17.7. The number of carbonyl (C=O) groups is 2. The highest BCUT2D eigenvalue weighted by Gasteiger charge is 2.34. The van der Waals surface area contributed by atoms with E-state index in [2.05, 4.69) is 0 Å². The van der Waals surface area contributed by atoms with Crippen LogP contribution in [0.3, 0.4) is 0 Å². The molecule has 1 fully saturated rings. The molecule has 0 bridgehead atoms. The Hall–Kier alpha value is -3.25. The second-order valence-electron chi connectivity index (χ2n) is 7.90. The molecule has 1 aliphatic rings. The van der Waals surface area contributed by atoms with Crippen molar-refractivity contribution < 1.29 is 14.0 Å². The second kappa shape index (κ2) is 10.4. The molecular formula is C26H25FN2O2S. The van der Waals surface area contributed by atoms with Crippen molar-refractivity contribution in [3.05, 3.63) is 100 Å². The summed E-state index contributed by atoms with van der Waals surface area (Å²) in [4.78, 5) is 30.7. The quantitative estimate of drug-likeness (QED) is 0.426. The molecule has 1 aromatic heterocycles. The number of rotatable bonds is 9. The van der Waals surface area contributed by atoms with Gasteiger partial charge in [0.1, 0.15) is 12.4 Å². The predicted molar refractivity (Wildman–Crippen MR) is 125 cm³/mol. The summed E-state index contributed by atoms with van der Waals surface area (Å²) in [6.07, 6.45) is 5.16. The molecule has 0 N–H and O–H groups in total. The molecule has 32 heavy (non-hydrogen) atoms. The summed E-state index contributed by atoms with van der Waals surface area (Å²) in [5.41, 5.74) is 1.79. The summed E-state index contributed by atoms with van der Waals surface area (Å²) >= 11 is 1.59. The van der Waals surface area contributed by atoms with E-state index in [-0.39, 0.29) is 30.2 Å². The molecule has 1 aliphatic carbocycles. The van der Waals surface area contributed by atoms with Crippen LogP contribution in [0.25, 0.3) is 6.08 Å². The van der Waals surface area contributed by atoms with Crippen molar-refractivity contribution in [3.8, 4) is 0 Å². The molecule has 0 atom stereocenters. The van der Waals surface area contributed by atoms with E-state index in [9.17, 15) is 14.0 Å². The SMILES string of the molecule is O=C(CN(C(=O)C=Cc1ccccc1)C1CC1)N(Cc1ccc(F)cc1)Cc1cccs1. The molecule has 164 valence electrons. The highest BCUT2D eigenvalue weighted by atomic mass is 32.1. The summed E-state index contributed by atoms with van der Waals surface area (Å²) in [5.74, 6) is -0.570. The maximum Gasteiger partial charge on any atom is 0.247 e. The number of thiophene rings is 1. The maximum atomic E-state index is 13.3. The van der Waals surface area contributed by atoms with E-state index in [4.69, 9.17) is 0 Å². The van der Waals surface area contributed by atoms with Gasteiger partial charge in [-0.15, -0.1) is 11.3 Å². The molecule has 0 aliphatic heterocycles. The topological polar surface area (TPSA) is 40.6 Å². The number of hydrogen-bond donors (Lipinski definition) is 0. The van der Waals surface area contributed by atoms with E-state index >= 15 is 0 Å². The van der Waals surface area contributed by atoms with E-state index in [1.54, 1.807) is 45.4 Å². The third-order valence-corrected chi connectivity index (χ3v) is 6.22. The van der Waals surface area contributed by atoms with E-state index in [1.165, 1.54) is 12.1 Å². The molecule has 3 aromatic rings. The van der Waals surface area contributed by atoms with Gasteiger partial charge in [0.15, 0.2) is 0 Å². The van der Waals surface area contributed by atoms with E-state index < -0.39 is 0 Å². The smallest absolute Gasteiger partial charge is 0.247 e. The van der Waals surface area contributed by atoms with Gasteiger partial charge in [0.05, 0.1) is 6.54 Å². The fourth-order valence-corrected chi connectivity index (χ4v) is 4.20. The van der Waals surface area contributed by atoms with Gasteiger partial charge in [-0.2, -0.15) is 0 Å². The lowest BCUT2D eigenvalue weighted by atomic mass is 10.2. The van der Waals surface area contributed by atoms with Gasteiger partial charge in [0.2, 0.25) is 11.8 Å². The van der Waals surface area contributed by atoms with Crippen molar-refractivity contribution in [2.24, 2.45) is 0 Å². The van der Waals surface area contributed by atoms with Gasteiger partial charge in [0.25, 0.3) is 0 Å². The van der Waals surface area contributed by atoms with Gasteiger partial charge in [0, 0.05) is 23.5 Å². The Bertz CT molecular complexity index is 1060. The molecule has 0 spiro atoms. The van der Waals surface area contributed by atoms with Crippen molar-refractivity contribution >= 4 is 29.2 Å². The Morgan fingerprint density at radius 3 is 2.38 bits per heavy atom. The monoisotopic (exact) mass is 448 g/mol. The number of benzene rings is 2. The van der Waals surface area contributed by atoms with Crippen LogP contribution in [0, 0.1) is 5.82 Å². The second-order valence-corrected chi connectivity index (χ2v) is 8.93. The van der Waals surface area contributed by atoms with Crippen LogP contribution in [0.5, 0.6) is 0 Å². The average Bonchev–Trinajstić information content (AvgIpc) is 3.52. The normalized spacial score (nSPS) is 13.3. The van der Waals surface area contributed by atoms with Crippen LogP contribution in [-0.2, 0) is 22.7 Å². The van der Waals surface area contributed by atoms with Crippen LogP contribution in [0.4, 0.5) is 4.39 Å². The molecule has 4 rings (SSSR count). The van der Waals surface area contributed by atoms with Crippen LogP contribution >= 0.6 is 11.3 Å². The van der Waals surface area contributed by atoms with Gasteiger partial charge >= 0.3 is 0 Å². The molecule has 0 unspecified atom stereocenters. The van der Waals surface area contributed by atoms with E-state index in [0.717, 1.165) is 28.8 Å². The standard InChI is InChI=1S/C26H25FN2O2S/c27-22-11-8-21(9-12-22)17-28(18-24-7-4-16-32-24)26(31)19-29(23-13-14-23)25(30)15-10-20-5-2-1-3-6-20/h1-12,15-16,23H,13-14,17-19H2. The van der Waals surface area contributed by atoms with Crippen LogP contribution in [-0.4, -0.2) is 34.2 Å². The number of amides is 2. The fourth-order valence-electron chi connectivity index (χ4n) is 3.48. The largest absolute Gasteiger partial charge is 0.332 e. The maximum absolute atomic E-state index is 13.3. The Morgan fingerprint density at radius 2 is 1.72 bits per heavy atom. The molecule has 0 radical (unpaired) electrons. The van der Waals surface area contributed by atoms with E-state index in [0.29, 0.717) is 13.1 Å². The van der Waals surface area contributed by atoms with Gasteiger partial charge in [-0.1, -0.05) is 48.5 Å². The highest BCUT2D eigenvalue weighted by Crippen LogP contribution is 2.27. The predicted octanol–water partition coefficient (Wildman–Crippen LogP) is 5.12. The molecule has 1 saturated carbocycles. The summed E-state index contributed by atoms with van der Waals surface area (Å²) in [6, 6.07) is 19.9. The number of carbonyl (C=O) groups excluding carboxylic acids is 2. The lowest BCUT2D eigenvalue weighted by molar-refractivity contribution is -0.139. The minimum absolute atomic E-state index is 0.0369. The van der Waals surface area contributed by atoms with Crippen molar-refractivity contribution in [2.75, 3.05) is 6.54 Å². The molecule has 2 aromatic carbocycles. The Morgan fingerprint density at radius 1 is 0.969 bits per heavy atom. The first-order valence-electron chi connectivity index (χ1n) is 10.7. The minimum atomic E-state index is -0.305. The molecule has 0 saturated heterocycles. The number of hydrogen-bond acceptors (Lipinski definition) is 3. The minimum Gasteiger partial charge on any atom is -0.332 e. The van der Waals surface area contributed by atoms with Crippen molar-refractivity contribution in [1.82, 2.24) is 9.80 Å². The summed E-state index contributed by atoms with van der Waals surface area (Å²) in [5, 5.41) is 1.98. The Labute approximate surface area is 191 Å². The highest BCUT2D eigenvalue weighted by molar-refractivity contribution is 7.09. The fraction of sp³-hybridized carbons (Fsp3) is 0.231. The first kappa shape index (κ1) is 22.0. The van der Waals surface area contributed by atoms with Gasteiger partial charge < -0.3 is 9.80 Å². The van der Waals surface area contributed by atoms with Crippen LogP contribution in [0.1, 0.15) is 28.8 Å². The summed E-state index contributed by atoms with van der Waals surface area (Å²) in [6.45, 7) is 0.860. The zero-order chi connectivity index (χ0) is 22.3. The third-order valence-electron chi connectivity index (χ3n) is 5.36. The van der Waals surface area contributed by atoms with Crippen molar-refractivity contribution in [3.63, 3.8) is 0 Å². The van der Waals surface area contributed by atoms with E-state index in [1.807, 2.05) is 47.8 Å². The van der Waals surface area contributed by atoms with Crippen LogP contribution in [0.2, 0.25) is 0 Å². The first-order valence-corrected chi connectivity index (χ1v) is 11.5. The summed E-state index contributed by atoms with van der Waals surface area (Å²) in [7, 11) is 0. The molecule has 6 heteroatoms.